The summed E-state index contributed by atoms with van der Waals surface area (Å²) >= 11 is 0. The summed E-state index contributed by atoms with van der Waals surface area (Å²) in [5, 5.41) is 3.69. The number of rotatable bonds is 6. The monoisotopic (exact) mass is 169 g/mol. The van der Waals surface area contributed by atoms with E-state index in [1.54, 1.807) is 0 Å². The van der Waals surface area contributed by atoms with Gasteiger partial charge in [-0.1, -0.05) is 26.7 Å². The maximum absolute atomic E-state index is 3.69. The highest BCUT2D eigenvalue weighted by molar-refractivity contribution is 4.80. The molecule has 1 saturated carbocycles. The smallest absolute Gasteiger partial charge is 0.00695 e. The van der Waals surface area contributed by atoms with E-state index in [9.17, 15) is 0 Å². The topological polar surface area (TPSA) is 12.0 Å². The Hall–Kier alpha value is -0.0400. The molecule has 0 saturated heterocycles. The molecule has 0 bridgehead atoms. The Morgan fingerprint density at radius 2 is 1.92 bits per heavy atom. The van der Waals surface area contributed by atoms with Gasteiger partial charge in [0.05, 0.1) is 0 Å². The van der Waals surface area contributed by atoms with Gasteiger partial charge in [0, 0.05) is 12.1 Å². The van der Waals surface area contributed by atoms with Crippen molar-refractivity contribution >= 4 is 0 Å². The van der Waals surface area contributed by atoms with Gasteiger partial charge in [-0.3, -0.25) is 0 Å². The molecule has 1 heteroatoms. The Bertz CT molecular complexity index is 118. The SMILES string of the molecule is CCC(C)NC(CC)CC1CC1. The van der Waals surface area contributed by atoms with E-state index in [2.05, 4.69) is 26.1 Å². The molecule has 0 heterocycles. The molecule has 0 aromatic heterocycles. The van der Waals surface area contributed by atoms with E-state index in [-0.39, 0.29) is 0 Å². The lowest BCUT2D eigenvalue weighted by atomic mass is 10.1. The van der Waals surface area contributed by atoms with Crippen molar-refractivity contribution in [2.45, 2.75) is 65.0 Å². The van der Waals surface area contributed by atoms with Crippen molar-refractivity contribution in [1.82, 2.24) is 5.32 Å². The molecule has 12 heavy (non-hydrogen) atoms. The summed E-state index contributed by atoms with van der Waals surface area (Å²) in [7, 11) is 0. The van der Waals surface area contributed by atoms with Crippen LogP contribution < -0.4 is 5.32 Å². The fourth-order valence-corrected chi connectivity index (χ4v) is 1.63. The van der Waals surface area contributed by atoms with E-state index in [1.807, 2.05) is 0 Å². The molecule has 1 rings (SSSR count). The minimum Gasteiger partial charge on any atom is -0.312 e. The number of hydrogen-bond donors (Lipinski definition) is 1. The molecular formula is C11H23N. The van der Waals surface area contributed by atoms with E-state index in [1.165, 1.54) is 32.1 Å². The maximum Gasteiger partial charge on any atom is 0.00695 e. The normalized spacial score (nSPS) is 22.2. The molecule has 2 atom stereocenters. The summed E-state index contributed by atoms with van der Waals surface area (Å²) in [6.07, 6.45) is 6.93. The zero-order valence-electron chi connectivity index (χ0n) is 8.77. The van der Waals surface area contributed by atoms with Crippen LogP contribution in [0.3, 0.4) is 0 Å². The van der Waals surface area contributed by atoms with Crippen molar-refractivity contribution < 1.29 is 0 Å². The highest BCUT2D eigenvalue weighted by Crippen LogP contribution is 2.34. The third-order valence-electron chi connectivity index (χ3n) is 2.94. The van der Waals surface area contributed by atoms with E-state index in [0.717, 1.165) is 12.0 Å². The first kappa shape index (κ1) is 10.0. The first-order valence-corrected chi connectivity index (χ1v) is 5.52. The van der Waals surface area contributed by atoms with Gasteiger partial charge < -0.3 is 5.32 Å². The zero-order chi connectivity index (χ0) is 8.97. The quantitative estimate of drug-likeness (QED) is 0.644. The molecule has 0 aromatic carbocycles. The summed E-state index contributed by atoms with van der Waals surface area (Å²) in [4.78, 5) is 0. The lowest BCUT2D eigenvalue weighted by Gasteiger charge is -2.21. The highest BCUT2D eigenvalue weighted by atomic mass is 14.9. The van der Waals surface area contributed by atoms with Crippen molar-refractivity contribution in [1.29, 1.82) is 0 Å². The van der Waals surface area contributed by atoms with E-state index in [4.69, 9.17) is 0 Å². The van der Waals surface area contributed by atoms with Crippen LogP contribution in [-0.2, 0) is 0 Å². The third kappa shape index (κ3) is 3.57. The van der Waals surface area contributed by atoms with Gasteiger partial charge in [-0.05, 0) is 32.1 Å². The number of nitrogens with one attached hydrogen (secondary N) is 1. The Morgan fingerprint density at radius 1 is 1.25 bits per heavy atom. The fraction of sp³-hybridized carbons (Fsp3) is 1.00. The predicted octanol–water partition coefficient (Wildman–Crippen LogP) is 2.95. The molecule has 0 radical (unpaired) electrons. The highest BCUT2D eigenvalue weighted by Gasteiger charge is 2.24. The van der Waals surface area contributed by atoms with Crippen LogP contribution in [0.1, 0.15) is 52.9 Å². The van der Waals surface area contributed by atoms with Crippen molar-refractivity contribution in [3.05, 3.63) is 0 Å². The molecule has 2 unspecified atom stereocenters. The molecule has 1 fully saturated rings. The van der Waals surface area contributed by atoms with Crippen LogP contribution in [0.4, 0.5) is 0 Å². The summed E-state index contributed by atoms with van der Waals surface area (Å²) in [6, 6.07) is 1.49. The van der Waals surface area contributed by atoms with E-state index < -0.39 is 0 Å². The molecule has 1 N–H and O–H groups in total. The largest absolute Gasteiger partial charge is 0.312 e. The van der Waals surface area contributed by atoms with Gasteiger partial charge in [0.1, 0.15) is 0 Å². The Labute approximate surface area is 76.9 Å². The zero-order valence-corrected chi connectivity index (χ0v) is 8.77. The first-order valence-electron chi connectivity index (χ1n) is 5.52. The molecule has 1 nitrogen and oxygen atoms in total. The van der Waals surface area contributed by atoms with Crippen LogP contribution in [0.15, 0.2) is 0 Å². The first-order chi connectivity index (χ1) is 5.76. The standard InChI is InChI=1S/C11H23N/c1-4-9(3)12-11(5-2)8-10-6-7-10/h9-12H,4-8H2,1-3H3. The molecule has 0 amide bonds. The molecular weight excluding hydrogens is 146 g/mol. The lowest BCUT2D eigenvalue weighted by Crippen LogP contribution is -2.36. The van der Waals surface area contributed by atoms with Gasteiger partial charge in [0.15, 0.2) is 0 Å². The Kier molecular flexibility index (Phi) is 4.07. The van der Waals surface area contributed by atoms with E-state index >= 15 is 0 Å². The Morgan fingerprint density at radius 3 is 2.33 bits per heavy atom. The van der Waals surface area contributed by atoms with Crippen LogP contribution in [0.2, 0.25) is 0 Å². The summed E-state index contributed by atoms with van der Waals surface area (Å²) < 4.78 is 0. The average molecular weight is 169 g/mol. The van der Waals surface area contributed by atoms with Crippen molar-refractivity contribution in [3.8, 4) is 0 Å². The van der Waals surface area contributed by atoms with Crippen molar-refractivity contribution in [2.75, 3.05) is 0 Å². The van der Waals surface area contributed by atoms with Gasteiger partial charge in [-0.25, -0.2) is 0 Å². The second kappa shape index (κ2) is 4.86. The third-order valence-corrected chi connectivity index (χ3v) is 2.94. The van der Waals surface area contributed by atoms with Crippen molar-refractivity contribution in [3.63, 3.8) is 0 Å². The summed E-state index contributed by atoms with van der Waals surface area (Å²) in [6.45, 7) is 6.83. The van der Waals surface area contributed by atoms with Crippen LogP contribution in [-0.4, -0.2) is 12.1 Å². The molecule has 0 aliphatic heterocycles. The van der Waals surface area contributed by atoms with Crippen LogP contribution in [0.25, 0.3) is 0 Å². The second-order valence-corrected chi connectivity index (χ2v) is 4.26. The lowest BCUT2D eigenvalue weighted by molar-refractivity contribution is 0.392. The maximum atomic E-state index is 3.69. The summed E-state index contributed by atoms with van der Waals surface area (Å²) in [5.41, 5.74) is 0. The summed E-state index contributed by atoms with van der Waals surface area (Å²) in [5.74, 6) is 1.06. The van der Waals surface area contributed by atoms with Gasteiger partial charge in [0.2, 0.25) is 0 Å². The van der Waals surface area contributed by atoms with Gasteiger partial charge >= 0.3 is 0 Å². The van der Waals surface area contributed by atoms with Crippen LogP contribution in [0, 0.1) is 5.92 Å². The molecule has 72 valence electrons. The second-order valence-electron chi connectivity index (χ2n) is 4.26. The van der Waals surface area contributed by atoms with Crippen LogP contribution in [0.5, 0.6) is 0 Å². The minimum atomic E-state index is 0.702. The van der Waals surface area contributed by atoms with E-state index in [0.29, 0.717) is 6.04 Å². The van der Waals surface area contributed by atoms with Crippen LogP contribution >= 0.6 is 0 Å². The molecule has 1 aliphatic rings. The average Bonchev–Trinajstić information content (AvgIpc) is 2.86. The fourth-order valence-electron chi connectivity index (χ4n) is 1.63. The Balaban J connectivity index is 2.14. The van der Waals surface area contributed by atoms with Gasteiger partial charge in [-0.2, -0.15) is 0 Å². The van der Waals surface area contributed by atoms with Gasteiger partial charge in [0.25, 0.3) is 0 Å². The minimum absolute atomic E-state index is 0.702. The predicted molar refractivity (Wildman–Crippen MR) is 54.3 cm³/mol. The molecule has 1 aliphatic carbocycles. The molecule has 0 spiro atoms. The van der Waals surface area contributed by atoms with Crippen molar-refractivity contribution in [2.24, 2.45) is 5.92 Å². The number of hydrogen-bond acceptors (Lipinski definition) is 1. The molecule has 0 aromatic rings. The van der Waals surface area contributed by atoms with Gasteiger partial charge in [-0.15, -0.1) is 0 Å².